The van der Waals surface area contributed by atoms with Crippen LogP contribution in [-0.2, 0) is 19.6 Å². The molecule has 0 fully saturated rings. The van der Waals surface area contributed by atoms with Crippen LogP contribution in [0.5, 0.6) is 11.5 Å². The molecule has 148 valence electrons. The molecule has 3 heterocycles. The third-order valence-electron chi connectivity index (χ3n) is 5.21. The van der Waals surface area contributed by atoms with Crippen LogP contribution in [0.15, 0.2) is 42.5 Å². The number of ether oxygens (including phenoxy) is 2. The first-order valence-electron chi connectivity index (χ1n) is 9.46. The molecule has 4 aromatic rings. The first-order valence-corrected chi connectivity index (χ1v) is 10.3. The van der Waals surface area contributed by atoms with Gasteiger partial charge in [-0.05, 0) is 18.2 Å². The van der Waals surface area contributed by atoms with E-state index in [4.69, 9.17) is 14.5 Å². The van der Waals surface area contributed by atoms with Gasteiger partial charge in [0.1, 0.15) is 17.3 Å². The summed E-state index contributed by atoms with van der Waals surface area (Å²) in [5, 5.41) is 9.83. The summed E-state index contributed by atoms with van der Waals surface area (Å²) in [4.78, 5) is 7.10. The van der Waals surface area contributed by atoms with Crippen molar-refractivity contribution in [3.05, 3.63) is 53.9 Å². The Balaban J connectivity index is 1.37. The highest BCUT2D eigenvalue weighted by Crippen LogP contribution is 2.31. The van der Waals surface area contributed by atoms with Gasteiger partial charge in [0.15, 0.2) is 10.8 Å². The van der Waals surface area contributed by atoms with Crippen LogP contribution in [0, 0.1) is 0 Å². The van der Waals surface area contributed by atoms with E-state index < -0.39 is 0 Å². The van der Waals surface area contributed by atoms with Crippen LogP contribution in [0.2, 0.25) is 0 Å². The van der Waals surface area contributed by atoms with E-state index in [9.17, 15) is 0 Å². The fourth-order valence-corrected chi connectivity index (χ4v) is 4.65. The van der Waals surface area contributed by atoms with E-state index in [1.165, 1.54) is 4.70 Å². The van der Waals surface area contributed by atoms with Gasteiger partial charge in [-0.25, -0.2) is 4.98 Å². The van der Waals surface area contributed by atoms with E-state index in [1.54, 1.807) is 25.6 Å². The number of benzene rings is 2. The Bertz CT molecular complexity index is 1140. The minimum atomic E-state index is 0.743. The number of hydrogen-bond acceptors (Lipinski definition) is 7. The van der Waals surface area contributed by atoms with Crippen molar-refractivity contribution >= 4 is 21.6 Å². The molecule has 0 radical (unpaired) electrons. The highest BCUT2D eigenvalue weighted by atomic mass is 32.1. The topological polar surface area (TPSA) is 65.3 Å². The lowest BCUT2D eigenvalue weighted by atomic mass is 10.1. The van der Waals surface area contributed by atoms with Crippen LogP contribution in [0.25, 0.3) is 21.0 Å². The summed E-state index contributed by atoms with van der Waals surface area (Å²) in [5.41, 5.74) is 2.14. The molecule has 7 nitrogen and oxygen atoms in total. The van der Waals surface area contributed by atoms with E-state index >= 15 is 0 Å². The van der Waals surface area contributed by atoms with Gasteiger partial charge in [-0.1, -0.05) is 18.2 Å². The van der Waals surface area contributed by atoms with Crippen molar-refractivity contribution in [3.8, 4) is 22.3 Å². The maximum Gasteiger partial charge on any atom is 0.193 e. The van der Waals surface area contributed by atoms with E-state index in [0.717, 1.165) is 65.4 Å². The molecule has 5 rings (SSSR count). The molecule has 2 aromatic carbocycles. The fourth-order valence-electron chi connectivity index (χ4n) is 3.69. The van der Waals surface area contributed by atoms with E-state index in [1.807, 2.05) is 30.3 Å². The molecule has 0 N–H and O–H groups in total. The van der Waals surface area contributed by atoms with Gasteiger partial charge < -0.3 is 14.0 Å². The fraction of sp³-hybridized carbons (Fsp3) is 0.286. The number of methoxy groups -OCH3 is 2. The molecule has 0 saturated heterocycles. The number of thiazole rings is 1. The van der Waals surface area contributed by atoms with Crippen molar-refractivity contribution < 1.29 is 9.47 Å². The Morgan fingerprint density at radius 1 is 1.03 bits per heavy atom. The van der Waals surface area contributed by atoms with Gasteiger partial charge in [0, 0.05) is 31.3 Å². The molecule has 1 aliphatic heterocycles. The first-order chi connectivity index (χ1) is 14.2. The van der Waals surface area contributed by atoms with Crippen LogP contribution in [0.1, 0.15) is 11.4 Å². The minimum absolute atomic E-state index is 0.743. The Labute approximate surface area is 172 Å². The largest absolute Gasteiger partial charge is 0.497 e. The summed E-state index contributed by atoms with van der Waals surface area (Å²) in [6.07, 6.45) is 0. The second-order valence-electron chi connectivity index (χ2n) is 6.97. The number of fused-ring (bicyclic) bond motifs is 2. The summed E-state index contributed by atoms with van der Waals surface area (Å²) < 4.78 is 14.2. The monoisotopic (exact) mass is 407 g/mol. The van der Waals surface area contributed by atoms with Crippen molar-refractivity contribution in [1.82, 2.24) is 24.6 Å². The van der Waals surface area contributed by atoms with Crippen molar-refractivity contribution in [1.29, 1.82) is 0 Å². The van der Waals surface area contributed by atoms with Crippen LogP contribution in [0.3, 0.4) is 0 Å². The number of aromatic nitrogens is 4. The van der Waals surface area contributed by atoms with Crippen LogP contribution in [-0.4, -0.2) is 45.4 Å². The molecule has 8 heteroatoms. The van der Waals surface area contributed by atoms with E-state index in [2.05, 4.69) is 31.8 Å². The number of rotatable bonds is 5. The average Bonchev–Trinajstić information content (AvgIpc) is 3.37. The second-order valence-corrected chi connectivity index (χ2v) is 8.00. The molecule has 2 aromatic heterocycles. The summed E-state index contributed by atoms with van der Waals surface area (Å²) in [6, 6.07) is 14.1. The average molecular weight is 407 g/mol. The zero-order valence-corrected chi connectivity index (χ0v) is 17.1. The van der Waals surface area contributed by atoms with Gasteiger partial charge >= 0.3 is 0 Å². The highest BCUT2D eigenvalue weighted by molar-refractivity contribution is 7.21. The third-order valence-corrected chi connectivity index (χ3v) is 6.24. The van der Waals surface area contributed by atoms with Crippen molar-refractivity contribution in [3.63, 3.8) is 0 Å². The lowest BCUT2D eigenvalue weighted by Crippen LogP contribution is -2.33. The molecule has 0 unspecified atom stereocenters. The van der Waals surface area contributed by atoms with E-state index in [0.29, 0.717) is 0 Å². The van der Waals surface area contributed by atoms with Gasteiger partial charge in [0.25, 0.3) is 0 Å². The number of para-hydroxylation sites is 1. The summed E-state index contributed by atoms with van der Waals surface area (Å²) in [6.45, 7) is 3.29. The smallest absolute Gasteiger partial charge is 0.193 e. The quantitative estimate of drug-likeness (QED) is 0.504. The molecule has 0 aliphatic carbocycles. The predicted molar refractivity (Wildman–Crippen MR) is 112 cm³/mol. The molecule has 0 amide bonds. The Hall–Kier alpha value is -2.97. The lowest BCUT2D eigenvalue weighted by Gasteiger charge is -2.28. The van der Waals surface area contributed by atoms with Crippen molar-refractivity contribution in [2.45, 2.75) is 19.6 Å². The van der Waals surface area contributed by atoms with Gasteiger partial charge in [0.05, 0.1) is 31.0 Å². The minimum Gasteiger partial charge on any atom is -0.497 e. The van der Waals surface area contributed by atoms with Crippen LogP contribution in [0.4, 0.5) is 0 Å². The summed E-state index contributed by atoms with van der Waals surface area (Å²) in [7, 11) is 3.35. The predicted octanol–water partition coefficient (Wildman–Crippen LogP) is 3.59. The molecule has 1 aliphatic rings. The van der Waals surface area contributed by atoms with Crippen LogP contribution >= 0.6 is 11.3 Å². The molecule has 0 spiro atoms. The third kappa shape index (κ3) is 3.34. The van der Waals surface area contributed by atoms with Gasteiger partial charge in [-0.15, -0.1) is 21.5 Å². The van der Waals surface area contributed by atoms with Crippen molar-refractivity contribution in [2.24, 2.45) is 0 Å². The maximum absolute atomic E-state index is 5.54. The normalized spacial score (nSPS) is 14.1. The summed E-state index contributed by atoms with van der Waals surface area (Å²) >= 11 is 1.66. The SMILES string of the molecule is COc1ccc(CN2CCn3c(nnc3-c3nc4ccccc4s3)C2)c(OC)c1. The molecule has 0 atom stereocenters. The Kier molecular flexibility index (Phi) is 4.65. The number of hydrogen-bond donors (Lipinski definition) is 0. The zero-order valence-electron chi connectivity index (χ0n) is 16.3. The molecular weight excluding hydrogens is 386 g/mol. The molecule has 29 heavy (non-hydrogen) atoms. The van der Waals surface area contributed by atoms with Gasteiger partial charge in [-0.3, -0.25) is 4.90 Å². The Morgan fingerprint density at radius 3 is 2.76 bits per heavy atom. The van der Waals surface area contributed by atoms with Crippen LogP contribution < -0.4 is 9.47 Å². The van der Waals surface area contributed by atoms with E-state index in [-0.39, 0.29) is 0 Å². The number of nitrogens with zero attached hydrogens (tertiary/aromatic N) is 5. The standard InChI is InChI=1S/C21H21N5O2S/c1-27-15-8-7-14(17(11-15)28-2)12-25-9-10-26-19(13-25)23-24-20(26)21-22-16-5-3-4-6-18(16)29-21/h3-8,11H,9-10,12-13H2,1-2H3. The molecule has 0 bridgehead atoms. The van der Waals surface area contributed by atoms with Gasteiger partial charge in [-0.2, -0.15) is 0 Å². The first kappa shape index (κ1) is 18.1. The Morgan fingerprint density at radius 2 is 1.93 bits per heavy atom. The van der Waals surface area contributed by atoms with Gasteiger partial charge in [0.2, 0.25) is 0 Å². The molecular formula is C21H21N5O2S. The highest BCUT2D eigenvalue weighted by Gasteiger charge is 2.24. The molecule has 0 saturated carbocycles. The maximum atomic E-state index is 5.54. The van der Waals surface area contributed by atoms with Crippen molar-refractivity contribution in [2.75, 3.05) is 20.8 Å². The summed E-state index contributed by atoms with van der Waals surface area (Å²) in [5.74, 6) is 3.47. The zero-order chi connectivity index (χ0) is 19.8. The second kappa shape index (κ2) is 7.46. The lowest BCUT2D eigenvalue weighted by molar-refractivity contribution is 0.207.